The van der Waals surface area contributed by atoms with Crippen LogP contribution in [0.5, 0.6) is 0 Å². The molecule has 2 saturated carbocycles. The Kier molecular flexibility index (Phi) is 7.65. The van der Waals surface area contributed by atoms with Gasteiger partial charge in [-0.25, -0.2) is 8.78 Å². The lowest BCUT2D eigenvalue weighted by atomic mass is 9.89. The summed E-state index contributed by atoms with van der Waals surface area (Å²) in [4.78, 5) is 0. The number of aromatic nitrogens is 2. The van der Waals surface area contributed by atoms with Crippen LogP contribution in [-0.4, -0.2) is 48.0 Å². The molecule has 1 saturated heterocycles. The molecule has 238 valence electrons. The first kappa shape index (κ1) is 29.7. The summed E-state index contributed by atoms with van der Waals surface area (Å²) in [5, 5.41) is 24.2. The molecule has 7 atom stereocenters. The van der Waals surface area contributed by atoms with Gasteiger partial charge in [0.2, 0.25) is 0 Å². The molecule has 4 aromatic carbocycles. The molecule has 3 heterocycles. The van der Waals surface area contributed by atoms with Gasteiger partial charge in [0.15, 0.2) is 0 Å². The third kappa shape index (κ3) is 4.94. The van der Waals surface area contributed by atoms with Gasteiger partial charge in [0.25, 0.3) is 0 Å². The van der Waals surface area contributed by atoms with E-state index in [2.05, 4.69) is 9.13 Å². The monoisotopic (exact) mass is 644 g/mol. The number of para-hydroxylation sites is 2. The molecule has 3 aliphatic rings. The van der Waals surface area contributed by atoms with E-state index >= 15 is 0 Å². The van der Waals surface area contributed by atoms with Crippen molar-refractivity contribution in [1.82, 2.24) is 9.13 Å². The molecule has 0 radical (unpaired) electrons. The predicted octanol–water partition coefficient (Wildman–Crippen LogP) is 7.40. The van der Waals surface area contributed by atoms with Crippen molar-refractivity contribution in [3.63, 3.8) is 0 Å². The second-order valence-electron chi connectivity index (χ2n) is 12.6. The lowest BCUT2D eigenvalue weighted by Gasteiger charge is -2.33. The Balaban J connectivity index is 0.000000136. The van der Waals surface area contributed by atoms with Crippen LogP contribution in [0.1, 0.15) is 50.6 Å². The molecule has 1 aliphatic heterocycles. The fourth-order valence-electron chi connectivity index (χ4n) is 7.90. The van der Waals surface area contributed by atoms with Gasteiger partial charge in [-0.1, -0.05) is 36.4 Å². The number of benzene rings is 4. The molecule has 3 fully saturated rings. The number of rotatable bonds is 2. The highest BCUT2D eigenvalue weighted by molar-refractivity contribution is 7.75. The van der Waals surface area contributed by atoms with Crippen LogP contribution in [0.4, 0.5) is 8.78 Å². The van der Waals surface area contributed by atoms with Crippen LogP contribution in [0, 0.1) is 11.6 Å². The summed E-state index contributed by atoms with van der Waals surface area (Å²) in [5.74, 6) is -0.506. The number of aliphatic hydroxyl groups excluding tert-OH is 2. The van der Waals surface area contributed by atoms with Crippen LogP contribution >= 0.6 is 0 Å². The summed E-state index contributed by atoms with van der Waals surface area (Å²) < 4.78 is 54.4. The average molecular weight is 645 g/mol. The van der Waals surface area contributed by atoms with E-state index in [9.17, 15) is 23.2 Å². The van der Waals surface area contributed by atoms with Crippen molar-refractivity contribution < 1.29 is 31.6 Å². The number of nitrogens with zero attached hydrogens (tertiary/aromatic N) is 2. The first-order chi connectivity index (χ1) is 22.4. The molecular weight excluding hydrogens is 610 g/mol. The van der Waals surface area contributed by atoms with Crippen LogP contribution in [-0.2, 0) is 19.7 Å². The summed E-state index contributed by atoms with van der Waals surface area (Å²) in [7, 11) is 0. The summed E-state index contributed by atoms with van der Waals surface area (Å²) in [6.07, 6.45) is 3.22. The van der Waals surface area contributed by atoms with Gasteiger partial charge in [0, 0.05) is 43.6 Å². The SMILES string of the molecule is O=S1O[C@H]2[C@H](n3c4ccccc4c4cc(F)ccc43)CCC[C@H]2O1.O[C@@H]1[C@H](O)CCC[C@H]1n1c2ccccc2c2cc(F)ccc21. The van der Waals surface area contributed by atoms with Crippen molar-refractivity contribution in [3.05, 3.63) is 96.6 Å². The largest absolute Gasteiger partial charge is 0.390 e. The Morgan fingerprint density at radius 1 is 0.630 bits per heavy atom. The first-order valence-electron chi connectivity index (χ1n) is 15.9. The van der Waals surface area contributed by atoms with Gasteiger partial charge < -0.3 is 19.3 Å². The topological polar surface area (TPSA) is 85.8 Å². The third-order valence-electron chi connectivity index (χ3n) is 9.92. The molecule has 2 aromatic heterocycles. The molecule has 1 unspecified atom stereocenters. The molecular formula is C36H34F2N2O5S. The zero-order valence-corrected chi connectivity index (χ0v) is 25.8. The Bertz CT molecular complexity index is 2110. The lowest BCUT2D eigenvalue weighted by molar-refractivity contribution is -0.0375. The molecule has 10 heteroatoms. The minimum atomic E-state index is -1.67. The van der Waals surface area contributed by atoms with E-state index in [4.69, 9.17) is 8.37 Å². The van der Waals surface area contributed by atoms with Crippen molar-refractivity contribution in [2.75, 3.05) is 0 Å². The van der Waals surface area contributed by atoms with Crippen molar-refractivity contribution >= 4 is 55.0 Å². The van der Waals surface area contributed by atoms with Crippen molar-refractivity contribution in [2.45, 2.75) is 75.0 Å². The zero-order chi connectivity index (χ0) is 31.5. The van der Waals surface area contributed by atoms with E-state index in [0.717, 1.165) is 75.7 Å². The average Bonchev–Trinajstić information content (AvgIpc) is 3.71. The van der Waals surface area contributed by atoms with Crippen LogP contribution in [0.15, 0.2) is 84.9 Å². The van der Waals surface area contributed by atoms with Gasteiger partial charge >= 0.3 is 11.4 Å². The molecule has 9 rings (SSSR count). The number of aliphatic hydroxyl groups is 2. The second kappa shape index (κ2) is 11.8. The fraction of sp³-hybridized carbons (Fsp3) is 0.333. The maximum absolute atomic E-state index is 13.8. The summed E-state index contributed by atoms with van der Waals surface area (Å²) in [6, 6.07) is 25.3. The van der Waals surface area contributed by atoms with E-state index in [1.54, 1.807) is 18.2 Å². The van der Waals surface area contributed by atoms with E-state index in [1.807, 2.05) is 54.6 Å². The Labute approximate surface area is 266 Å². The Morgan fingerprint density at radius 2 is 1.15 bits per heavy atom. The number of halogens is 2. The lowest BCUT2D eigenvalue weighted by Crippen LogP contribution is -2.38. The smallest absolute Gasteiger partial charge is 0.305 e. The van der Waals surface area contributed by atoms with Crippen LogP contribution in [0.3, 0.4) is 0 Å². The van der Waals surface area contributed by atoms with Crippen molar-refractivity contribution in [2.24, 2.45) is 0 Å². The van der Waals surface area contributed by atoms with Crippen LogP contribution in [0.2, 0.25) is 0 Å². The van der Waals surface area contributed by atoms with Gasteiger partial charge in [-0.05, 0) is 87.1 Å². The van der Waals surface area contributed by atoms with Crippen molar-refractivity contribution in [1.29, 1.82) is 0 Å². The number of fused-ring (bicyclic) bond motifs is 7. The Morgan fingerprint density at radius 3 is 1.78 bits per heavy atom. The van der Waals surface area contributed by atoms with E-state index in [-0.39, 0.29) is 35.9 Å². The summed E-state index contributed by atoms with van der Waals surface area (Å²) in [5.41, 5.74) is 3.90. The van der Waals surface area contributed by atoms with Crippen LogP contribution in [0.25, 0.3) is 43.6 Å². The summed E-state index contributed by atoms with van der Waals surface area (Å²) >= 11 is -1.67. The molecule has 0 spiro atoms. The van der Waals surface area contributed by atoms with Gasteiger partial charge in [-0.15, -0.1) is 0 Å². The standard InChI is InChI=1S/C18H16FNO3S.C18H18FNO2/c19-11-8-9-15-13(10-11)12-4-1-2-5-14(12)20(15)16-6-3-7-17-18(16)23-24(21)22-17;19-11-8-9-15-13(10-11)12-4-1-2-5-14(12)20(15)16-6-3-7-17(21)18(16)22/h1-2,4-5,8-10,16-18H,3,6-7H2;1-2,4-5,8-10,16-18,21-22H,3,6-7H2/t16-,17-,18+,24?;16-,17-,18+/m11/s1. The van der Waals surface area contributed by atoms with E-state index < -0.39 is 23.6 Å². The molecule has 6 aromatic rings. The van der Waals surface area contributed by atoms with Gasteiger partial charge in [-0.3, -0.25) is 8.37 Å². The Hall–Kier alpha value is -3.67. The molecule has 0 bridgehead atoms. The van der Waals surface area contributed by atoms with Gasteiger partial charge in [0.1, 0.15) is 29.9 Å². The van der Waals surface area contributed by atoms with Gasteiger partial charge in [0.05, 0.1) is 18.2 Å². The predicted molar refractivity (Wildman–Crippen MR) is 174 cm³/mol. The molecule has 2 aliphatic carbocycles. The van der Waals surface area contributed by atoms with Gasteiger partial charge in [-0.2, -0.15) is 4.21 Å². The highest BCUT2D eigenvalue weighted by Crippen LogP contribution is 2.43. The van der Waals surface area contributed by atoms with E-state index in [0.29, 0.717) is 6.42 Å². The highest BCUT2D eigenvalue weighted by atomic mass is 32.2. The maximum atomic E-state index is 13.8. The fourth-order valence-corrected chi connectivity index (χ4v) is 8.79. The summed E-state index contributed by atoms with van der Waals surface area (Å²) in [6.45, 7) is 0. The molecule has 7 nitrogen and oxygen atoms in total. The quantitative estimate of drug-likeness (QED) is 0.205. The maximum Gasteiger partial charge on any atom is 0.305 e. The highest BCUT2D eigenvalue weighted by Gasteiger charge is 2.44. The first-order valence-corrected chi connectivity index (χ1v) is 16.9. The van der Waals surface area contributed by atoms with Crippen molar-refractivity contribution in [3.8, 4) is 0 Å². The van der Waals surface area contributed by atoms with Crippen LogP contribution < -0.4 is 0 Å². The zero-order valence-electron chi connectivity index (χ0n) is 25.0. The molecule has 2 N–H and O–H groups in total. The van der Waals surface area contributed by atoms with E-state index in [1.165, 1.54) is 12.1 Å². The minimum absolute atomic E-state index is 0.0306. The normalized spacial score (nSPS) is 28.0. The second-order valence-corrected chi connectivity index (χ2v) is 13.3. The molecule has 46 heavy (non-hydrogen) atoms. The minimum Gasteiger partial charge on any atom is -0.390 e. The number of hydrogen-bond acceptors (Lipinski definition) is 5. The molecule has 0 amide bonds. The third-order valence-corrected chi connectivity index (χ3v) is 10.7. The number of hydrogen-bond donors (Lipinski definition) is 2.